The van der Waals surface area contributed by atoms with Gasteiger partial charge < -0.3 is 14.9 Å². The number of nitro benzene ring substituents is 1. The van der Waals surface area contributed by atoms with E-state index in [1.807, 2.05) is 44.2 Å². The molecule has 1 aliphatic heterocycles. The zero-order valence-corrected chi connectivity index (χ0v) is 18.7. The van der Waals surface area contributed by atoms with Crippen molar-refractivity contribution in [1.29, 1.82) is 0 Å². The number of likely N-dealkylation sites (N-methyl/N-ethyl adjacent to an activating group) is 1. The van der Waals surface area contributed by atoms with E-state index in [2.05, 4.69) is 0 Å². The highest BCUT2D eigenvalue weighted by Gasteiger charge is 2.39. The molecule has 2 aromatic carbocycles. The molecule has 8 nitrogen and oxygen atoms in total. The molecule has 33 heavy (non-hydrogen) atoms. The first-order chi connectivity index (χ1) is 15.9. The van der Waals surface area contributed by atoms with Crippen LogP contribution in [0.4, 0.5) is 5.69 Å². The maximum absolute atomic E-state index is 13.1. The van der Waals surface area contributed by atoms with Gasteiger partial charge in [-0.1, -0.05) is 48.5 Å². The average Bonchev–Trinajstić information content (AvgIpc) is 3.09. The van der Waals surface area contributed by atoms with Crippen LogP contribution in [0.15, 0.2) is 72.0 Å². The quantitative estimate of drug-likeness (QED) is 0.334. The molecule has 172 valence electrons. The standard InChI is InChI=1S/C25H27N3O5/c1-3-26(4-2)15-16-27-23(19-11-8-12-20(17-19)28(32)33)22(24(30)25(27)31)21(29)14-13-18-9-6-5-7-10-18/h5-14,17,23,30H,3-4,15-16H2,1-2H3/b14-13+. The topological polar surface area (TPSA) is 108 Å². The molecule has 0 aliphatic carbocycles. The second-order valence-corrected chi connectivity index (χ2v) is 7.81. The average molecular weight is 450 g/mol. The number of carbonyl (C=O) groups is 2. The summed E-state index contributed by atoms with van der Waals surface area (Å²) < 4.78 is 0. The lowest BCUT2D eigenvalue weighted by atomic mass is 9.95. The van der Waals surface area contributed by atoms with Gasteiger partial charge in [-0.25, -0.2) is 0 Å². The number of nitrogens with zero attached hydrogens (tertiary/aromatic N) is 2. The molecular formula is C25H27N3O5. The van der Waals surface area contributed by atoms with Crippen LogP contribution in [0.5, 0.6) is 0 Å². The molecule has 8 heteroatoms. The first-order valence-corrected chi connectivity index (χ1v) is 10.9. The van der Waals surface area contributed by atoms with Gasteiger partial charge in [0.25, 0.3) is 5.69 Å². The van der Waals surface area contributed by atoms with Gasteiger partial charge in [-0.2, -0.15) is 0 Å². The second-order valence-electron chi connectivity index (χ2n) is 7.81. The number of ketones is 1. The van der Waals surface area contributed by atoms with Crippen molar-refractivity contribution in [1.82, 2.24) is 4.90 Å². The van der Waals surface area contributed by atoms with Crippen LogP contribution >= 0.6 is 0 Å². The molecule has 2 aromatic rings. The Balaban J connectivity index is 2.00. The molecule has 1 atom stereocenters. The number of hydrogen-bond donors (Lipinski definition) is 1. The monoisotopic (exact) mass is 449 g/mol. The molecule has 1 heterocycles. The number of quaternary nitrogens is 1. The number of non-ortho nitro benzene ring substituents is 1. The van der Waals surface area contributed by atoms with Crippen molar-refractivity contribution in [3.8, 4) is 0 Å². The Morgan fingerprint density at radius 3 is 2.45 bits per heavy atom. The largest absolute Gasteiger partial charge is 0.868 e. The van der Waals surface area contributed by atoms with E-state index in [1.54, 1.807) is 12.1 Å². The highest BCUT2D eigenvalue weighted by Crippen LogP contribution is 2.37. The summed E-state index contributed by atoms with van der Waals surface area (Å²) in [6.45, 7) is 6.62. The number of allylic oxidation sites excluding steroid dienone is 1. The van der Waals surface area contributed by atoms with Gasteiger partial charge in [0.2, 0.25) is 5.91 Å². The molecule has 0 radical (unpaired) electrons. The van der Waals surface area contributed by atoms with Gasteiger partial charge in [0.15, 0.2) is 5.78 Å². The lowest BCUT2D eigenvalue weighted by molar-refractivity contribution is -0.895. The fraction of sp³-hybridized carbons (Fsp3) is 0.280. The summed E-state index contributed by atoms with van der Waals surface area (Å²) in [6, 6.07) is 13.9. The summed E-state index contributed by atoms with van der Waals surface area (Å²) in [6.07, 6.45) is 2.86. The Hall–Kier alpha value is -3.78. The number of rotatable bonds is 10. The zero-order valence-electron chi connectivity index (χ0n) is 18.7. The van der Waals surface area contributed by atoms with Crippen molar-refractivity contribution in [2.24, 2.45) is 0 Å². The summed E-state index contributed by atoms with van der Waals surface area (Å²) in [7, 11) is 0. The van der Waals surface area contributed by atoms with E-state index in [1.165, 1.54) is 34.1 Å². The number of nitro groups is 1. The fourth-order valence-electron chi connectivity index (χ4n) is 3.98. The van der Waals surface area contributed by atoms with Crippen molar-refractivity contribution in [2.45, 2.75) is 19.9 Å². The van der Waals surface area contributed by atoms with Crippen LogP contribution in [0.3, 0.4) is 0 Å². The van der Waals surface area contributed by atoms with Crippen molar-refractivity contribution in [2.75, 3.05) is 26.2 Å². The van der Waals surface area contributed by atoms with E-state index in [9.17, 15) is 24.8 Å². The molecule has 0 bridgehead atoms. The van der Waals surface area contributed by atoms with E-state index in [0.717, 1.165) is 18.7 Å². The van der Waals surface area contributed by atoms with E-state index >= 15 is 0 Å². The molecule has 0 fully saturated rings. The van der Waals surface area contributed by atoms with Crippen LogP contribution in [0.2, 0.25) is 0 Å². The van der Waals surface area contributed by atoms with Gasteiger partial charge in [-0.3, -0.25) is 19.7 Å². The van der Waals surface area contributed by atoms with Crippen LogP contribution in [0.25, 0.3) is 6.08 Å². The minimum atomic E-state index is -0.965. The van der Waals surface area contributed by atoms with Gasteiger partial charge in [0, 0.05) is 17.7 Å². The molecule has 1 aliphatic rings. The van der Waals surface area contributed by atoms with Crippen LogP contribution < -0.4 is 10.0 Å². The summed E-state index contributed by atoms with van der Waals surface area (Å²) in [5.74, 6) is -2.19. The van der Waals surface area contributed by atoms with Crippen LogP contribution in [0, 0.1) is 10.1 Å². The van der Waals surface area contributed by atoms with Crippen molar-refractivity contribution < 1.29 is 24.5 Å². The number of benzene rings is 2. The Bertz CT molecular complexity index is 1090. The number of nitrogens with one attached hydrogen (secondary N) is 1. The molecule has 1 N–H and O–H groups in total. The Morgan fingerprint density at radius 2 is 1.82 bits per heavy atom. The third-order valence-corrected chi connectivity index (χ3v) is 5.88. The van der Waals surface area contributed by atoms with Gasteiger partial charge in [0.1, 0.15) is 0 Å². The van der Waals surface area contributed by atoms with Gasteiger partial charge in [0.05, 0.1) is 37.1 Å². The lowest BCUT2D eigenvalue weighted by Gasteiger charge is -2.28. The highest BCUT2D eigenvalue weighted by atomic mass is 16.6. The number of amides is 1. The summed E-state index contributed by atoms with van der Waals surface area (Å²) in [4.78, 5) is 39.4. The van der Waals surface area contributed by atoms with Crippen molar-refractivity contribution in [3.63, 3.8) is 0 Å². The lowest BCUT2D eigenvalue weighted by Crippen LogP contribution is -3.12. The van der Waals surface area contributed by atoms with E-state index in [0.29, 0.717) is 12.1 Å². The predicted molar refractivity (Wildman–Crippen MR) is 122 cm³/mol. The Kier molecular flexibility index (Phi) is 7.74. The SMILES string of the molecule is CC[NH+](CC)CCN1C(=O)C([O-])=C(C(=O)/C=C/c2ccccc2)C1c1cccc([N+](=O)[O-])c1. The van der Waals surface area contributed by atoms with Crippen LogP contribution in [-0.4, -0.2) is 47.7 Å². The van der Waals surface area contributed by atoms with Crippen molar-refractivity contribution in [3.05, 3.63) is 93.2 Å². The van der Waals surface area contributed by atoms with Crippen LogP contribution in [0.1, 0.15) is 31.0 Å². The molecule has 0 saturated heterocycles. The third-order valence-electron chi connectivity index (χ3n) is 5.88. The third kappa shape index (κ3) is 5.35. The first-order valence-electron chi connectivity index (χ1n) is 10.9. The van der Waals surface area contributed by atoms with E-state index in [-0.39, 0.29) is 17.8 Å². The van der Waals surface area contributed by atoms with Crippen LogP contribution in [-0.2, 0) is 9.59 Å². The molecule has 1 unspecified atom stereocenters. The summed E-state index contributed by atoms with van der Waals surface area (Å²) in [5.41, 5.74) is 0.800. The maximum Gasteiger partial charge on any atom is 0.269 e. The number of carbonyl (C=O) groups excluding carboxylic acids is 2. The minimum Gasteiger partial charge on any atom is -0.868 e. The van der Waals surface area contributed by atoms with E-state index in [4.69, 9.17) is 0 Å². The molecule has 1 amide bonds. The fourth-order valence-corrected chi connectivity index (χ4v) is 3.98. The Labute approximate surface area is 192 Å². The molecule has 0 aromatic heterocycles. The first kappa shape index (κ1) is 23.9. The second kappa shape index (κ2) is 10.7. The zero-order chi connectivity index (χ0) is 24.0. The van der Waals surface area contributed by atoms with Crippen molar-refractivity contribution >= 4 is 23.5 Å². The van der Waals surface area contributed by atoms with Gasteiger partial charge in [-0.15, -0.1) is 0 Å². The summed E-state index contributed by atoms with van der Waals surface area (Å²) >= 11 is 0. The van der Waals surface area contributed by atoms with Gasteiger partial charge in [-0.05, 0) is 36.8 Å². The normalized spacial score (nSPS) is 16.3. The molecular weight excluding hydrogens is 422 g/mol. The van der Waals surface area contributed by atoms with Gasteiger partial charge >= 0.3 is 0 Å². The maximum atomic E-state index is 13.1. The predicted octanol–water partition coefficient (Wildman–Crippen LogP) is 1.30. The molecule has 0 spiro atoms. The molecule has 0 saturated carbocycles. The smallest absolute Gasteiger partial charge is 0.269 e. The summed E-state index contributed by atoms with van der Waals surface area (Å²) in [5, 5.41) is 24.2. The highest BCUT2D eigenvalue weighted by molar-refractivity contribution is 6.14. The minimum absolute atomic E-state index is 0.166. The molecule has 3 rings (SSSR count). The Morgan fingerprint density at radius 1 is 1.12 bits per heavy atom. The number of hydrogen-bond acceptors (Lipinski definition) is 5. The van der Waals surface area contributed by atoms with E-state index < -0.39 is 28.4 Å².